The molecule has 0 unspecified atom stereocenters. The van der Waals surface area contributed by atoms with Crippen LogP contribution in [0.15, 0.2) is 70.7 Å². The minimum atomic E-state index is -0.636. The predicted molar refractivity (Wildman–Crippen MR) is 114 cm³/mol. The van der Waals surface area contributed by atoms with Crippen LogP contribution in [0, 0.1) is 21.4 Å². The van der Waals surface area contributed by atoms with Crippen LogP contribution in [0.25, 0.3) is 17.4 Å². The summed E-state index contributed by atoms with van der Waals surface area (Å²) in [5.41, 5.74) is 1.25. The van der Waals surface area contributed by atoms with E-state index in [1.165, 1.54) is 31.2 Å². The summed E-state index contributed by atoms with van der Waals surface area (Å²) >= 11 is 0. The summed E-state index contributed by atoms with van der Waals surface area (Å²) in [6, 6.07) is 17.3. The largest absolute Gasteiger partial charge is 0.457 e. The number of hydrogen-bond acceptors (Lipinski definition) is 6. The molecule has 0 spiro atoms. The molecule has 9 nitrogen and oxygen atoms in total. The number of carbonyl (C=O) groups excluding carboxylic acids is 2. The number of nitrogens with one attached hydrogen (secondary N) is 2. The summed E-state index contributed by atoms with van der Waals surface area (Å²) in [5.74, 6) is -0.243. The Kier molecular flexibility index (Phi) is 6.23. The van der Waals surface area contributed by atoms with Gasteiger partial charge in [-0.15, -0.1) is 0 Å². The van der Waals surface area contributed by atoms with Crippen molar-refractivity contribution < 1.29 is 18.9 Å². The lowest BCUT2D eigenvalue weighted by Gasteiger charge is -2.06. The average molecular weight is 416 g/mol. The van der Waals surface area contributed by atoms with Crippen molar-refractivity contribution in [3.63, 3.8) is 0 Å². The van der Waals surface area contributed by atoms with Crippen LogP contribution in [0.1, 0.15) is 12.7 Å². The molecule has 0 aliphatic carbocycles. The Labute approximate surface area is 176 Å². The van der Waals surface area contributed by atoms with E-state index in [0.29, 0.717) is 22.7 Å². The van der Waals surface area contributed by atoms with E-state index < -0.39 is 10.8 Å². The van der Waals surface area contributed by atoms with E-state index in [-0.39, 0.29) is 22.9 Å². The summed E-state index contributed by atoms with van der Waals surface area (Å²) in [4.78, 5) is 33.9. The fraction of sp³-hybridized carbons (Fsp3) is 0.0455. The molecule has 3 rings (SSSR count). The van der Waals surface area contributed by atoms with Crippen molar-refractivity contribution in [3.05, 3.63) is 82.1 Å². The van der Waals surface area contributed by atoms with Crippen molar-refractivity contribution in [1.82, 2.24) is 0 Å². The van der Waals surface area contributed by atoms with Crippen LogP contribution in [0.2, 0.25) is 0 Å². The van der Waals surface area contributed by atoms with E-state index in [9.17, 15) is 25.0 Å². The van der Waals surface area contributed by atoms with Gasteiger partial charge in [0.05, 0.1) is 4.92 Å². The number of hydrogen-bond donors (Lipinski definition) is 2. The highest BCUT2D eigenvalue weighted by molar-refractivity contribution is 6.09. The number of nitro benzene ring substituents is 1. The average Bonchev–Trinajstić information content (AvgIpc) is 3.22. The highest BCUT2D eigenvalue weighted by atomic mass is 16.6. The molecule has 0 fully saturated rings. The van der Waals surface area contributed by atoms with Crippen LogP contribution in [0.5, 0.6) is 0 Å². The highest BCUT2D eigenvalue weighted by Crippen LogP contribution is 2.26. The molecule has 2 amide bonds. The minimum Gasteiger partial charge on any atom is -0.457 e. The van der Waals surface area contributed by atoms with E-state index in [1.807, 2.05) is 6.07 Å². The van der Waals surface area contributed by atoms with E-state index >= 15 is 0 Å². The number of non-ortho nitro benzene ring substituents is 1. The Morgan fingerprint density at radius 1 is 1.06 bits per heavy atom. The van der Waals surface area contributed by atoms with E-state index in [2.05, 4.69) is 10.6 Å². The van der Waals surface area contributed by atoms with Crippen LogP contribution >= 0.6 is 0 Å². The maximum absolute atomic E-state index is 12.4. The number of nitriles is 1. The molecule has 3 aromatic rings. The Morgan fingerprint density at radius 2 is 1.74 bits per heavy atom. The Morgan fingerprint density at radius 3 is 2.35 bits per heavy atom. The maximum Gasteiger partial charge on any atom is 0.270 e. The van der Waals surface area contributed by atoms with Crippen LogP contribution in [-0.4, -0.2) is 16.7 Å². The van der Waals surface area contributed by atoms with Crippen LogP contribution in [0.3, 0.4) is 0 Å². The van der Waals surface area contributed by atoms with Gasteiger partial charge in [0, 0.05) is 42.1 Å². The van der Waals surface area contributed by atoms with Gasteiger partial charge < -0.3 is 15.1 Å². The molecule has 0 bridgehead atoms. The lowest BCUT2D eigenvalue weighted by molar-refractivity contribution is -0.384. The molecular formula is C22H16N4O5. The lowest BCUT2D eigenvalue weighted by atomic mass is 10.1. The van der Waals surface area contributed by atoms with Crippen molar-refractivity contribution >= 4 is 35.0 Å². The van der Waals surface area contributed by atoms with Crippen molar-refractivity contribution in [3.8, 4) is 17.4 Å². The van der Waals surface area contributed by atoms with Gasteiger partial charge in [0.25, 0.3) is 11.6 Å². The molecule has 0 aliphatic heterocycles. The molecule has 154 valence electrons. The second kappa shape index (κ2) is 9.19. The molecule has 1 aromatic heterocycles. The van der Waals surface area contributed by atoms with Crippen LogP contribution < -0.4 is 10.6 Å². The number of amides is 2. The molecule has 2 aromatic carbocycles. The van der Waals surface area contributed by atoms with Crippen LogP contribution in [0.4, 0.5) is 17.1 Å². The summed E-state index contributed by atoms with van der Waals surface area (Å²) in [5, 5.41) is 25.5. The molecule has 0 aliphatic rings. The number of anilines is 2. The molecular weight excluding hydrogens is 400 g/mol. The SMILES string of the molecule is CC(=O)Nc1ccc(NC(=O)/C(C#N)=C/c2ccc(-c3cccc([N+](=O)[O-])c3)o2)cc1. The number of carbonyl (C=O) groups is 2. The smallest absolute Gasteiger partial charge is 0.270 e. The van der Waals surface area contributed by atoms with Gasteiger partial charge >= 0.3 is 0 Å². The Balaban J connectivity index is 1.75. The summed E-state index contributed by atoms with van der Waals surface area (Å²) in [6.07, 6.45) is 1.28. The van der Waals surface area contributed by atoms with Gasteiger partial charge in [0.1, 0.15) is 23.2 Å². The fourth-order valence-electron chi connectivity index (χ4n) is 2.69. The normalized spacial score (nSPS) is 10.8. The zero-order valence-corrected chi connectivity index (χ0v) is 16.3. The first kappa shape index (κ1) is 21.0. The third kappa shape index (κ3) is 5.42. The molecule has 1 heterocycles. The number of nitro groups is 1. The van der Waals surface area contributed by atoms with Gasteiger partial charge in [-0.05, 0) is 36.4 Å². The lowest BCUT2D eigenvalue weighted by Crippen LogP contribution is -2.13. The number of rotatable bonds is 6. The maximum atomic E-state index is 12.4. The monoisotopic (exact) mass is 416 g/mol. The summed E-state index contributed by atoms with van der Waals surface area (Å²) in [7, 11) is 0. The summed E-state index contributed by atoms with van der Waals surface area (Å²) in [6.45, 7) is 1.39. The third-order valence-corrected chi connectivity index (χ3v) is 4.08. The second-order valence-corrected chi connectivity index (χ2v) is 6.39. The van der Waals surface area contributed by atoms with Gasteiger partial charge in [0.15, 0.2) is 0 Å². The van der Waals surface area contributed by atoms with Crippen molar-refractivity contribution in [2.24, 2.45) is 0 Å². The fourth-order valence-corrected chi connectivity index (χ4v) is 2.69. The van der Waals surface area contributed by atoms with Gasteiger partial charge in [-0.2, -0.15) is 5.26 Å². The zero-order valence-electron chi connectivity index (χ0n) is 16.3. The van der Waals surface area contributed by atoms with E-state index in [4.69, 9.17) is 4.42 Å². The van der Waals surface area contributed by atoms with Gasteiger partial charge in [0.2, 0.25) is 5.91 Å². The van der Waals surface area contributed by atoms with E-state index in [0.717, 1.165) is 0 Å². The first-order chi connectivity index (χ1) is 14.9. The Hall–Kier alpha value is -4.71. The molecule has 31 heavy (non-hydrogen) atoms. The standard InChI is InChI=1S/C22H16N4O5/c1-14(27)24-17-5-7-18(8-6-17)25-22(28)16(13-23)12-20-9-10-21(31-20)15-3-2-4-19(11-15)26(29)30/h2-12H,1H3,(H,24,27)(H,25,28)/b16-12+. The first-order valence-corrected chi connectivity index (χ1v) is 9.01. The number of benzene rings is 2. The molecule has 9 heteroatoms. The van der Waals surface area contributed by atoms with Crippen molar-refractivity contribution in [1.29, 1.82) is 5.26 Å². The summed E-state index contributed by atoms with van der Waals surface area (Å²) < 4.78 is 5.62. The van der Waals surface area contributed by atoms with E-state index in [1.54, 1.807) is 42.5 Å². The highest BCUT2D eigenvalue weighted by Gasteiger charge is 2.13. The number of furan rings is 1. The molecule has 0 saturated heterocycles. The van der Waals surface area contributed by atoms with Gasteiger partial charge in [-0.1, -0.05) is 12.1 Å². The first-order valence-electron chi connectivity index (χ1n) is 9.01. The molecule has 0 saturated carbocycles. The third-order valence-electron chi connectivity index (χ3n) is 4.08. The Bertz CT molecular complexity index is 1220. The predicted octanol–water partition coefficient (Wildman–Crippen LogP) is 4.36. The molecule has 0 radical (unpaired) electrons. The zero-order chi connectivity index (χ0) is 22.4. The van der Waals surface area contributed by atoms with Gasteiger partial charge in [-0.3, -0.25) is 19.7 Å². The number of nitrogens with zero attached hydrogens (tertiary/aromatic N) is 2. The second-order valence-electron chi connectivity index (χ2n) is 6.39. The van der Waals surface area contributed by atoms with Crippen LogP contribution in [-0.2, 0) is 9.59 Å². The molecule has 0 atom stereocenters. The quantitative estimate of drug-likeness (QED) is 0.265. The van der Waals surface area contributed by atoms with Crippen molar-refractivity contribution in [2.45, 2.75) is 6.92 Å². The minimum absolute atomic E-state index is 0.0763. The molecule has 2 N–H and O–H groups in total. The van der Waals surface area contributed by atoms with Gasteiger partial charge in [-0.25, -0.2) is 0 Å². The topological polar surface area (TPSA) is 138 Å². The van der Waals surface area contributed by atoms with Crippen molar-refractivity contribution in [2.75, 3.05) is 10.6 Å².